The molecule has 0 unspecified atom stereocenters. The lowest BCUT2D eigenvalue weighted by Crippen LogP contribution is -2.35. The summed E-state index contributed by atoms with van der Waals surface area (Å²) in [6.07, 6.45) is 0.470. The van der Waals surface area contributed by atoms with Crippen LogP contribution in [0.1, 0.15) is 18.9 Å². The van der Waals surface area contributed by atoms with Crippen molar-refractivity contribution in [2.75, 3.05) is 7.11 Å². The fraction of sp³-hybridized carbons (Fsp3) is 0.417. The molecule has 1 rings (SSSR count). The summed E-state index contributed by atoms with van der Waals surface area (Å²) < 4.78 is 5.71. The number of hydrogen-bond acceptors (Lipinski definition) is 4. The predicted molar refractivity (Wildman–Crippen MR) is 70.9 cm³/mol. The Bertz CT molecular complexity index is 436. The van der Waals surface area contributed by atoms with Crippen molar-refractivity contribution in [2.24, 2.45) is 0 Å². The number of ether oxygens (including phenoxy) is 1. The van der Waals surface area contributed by atoms with E-state index < -0.39 is 12.0 Å². The number of rotatable bonds is 6. The number of aliphatic carboxylic acids is 1. The molecule has 6 heteroatoms. The Morgan fingerprint density at radius 1 is 1.56 bits per heavy atom. The quantitative estimate of drug-likeness (QED) is 0.749. The summed E-state index contributed by atoms with van der Waals surface area (Å²) in [5, 5.41) is 21.8. The van der Waals surface area contributed by atoms with Crippen molar-refractivity contribution in [3.8, 4) is 11.5 Å². The van der Waals surface area contributed by atoms with Gasteiger partial charge >= 0.3 is 5.97 Å². The fourth-order valence-electron chi connectivity index (χ4n) is 1.55. The second-order valence-corrected chi connectivity index (χ2v) is 4.61. The third kappa shape index (κ3) is 3.36. The molecular formula is C12H16BrNO4. The van der Waals surface area contributed by atoms with Crippen molar-refractivity contribution >= 4 is 21.9 Å². The average molecular weight is 318 g/mol. The van der Waals surface area contributed by atoms with E-state index in [9.17, 15) is 9.90 Å². The number of hydrogen-bond donors (Lipinski definition) is 3. The minimum Gasteiger partial charge on any atom is -0.504 e. The highest BCUT2D eigenvalue weighted by Gasteiger charge is 2.17. The van der Waals surface area contributed by atoms with Crippen LogP contribution in [0.4, 0.5) is 0 Å². The minimum atomic E-state index is -0.906. The Hall–Kier alpha value is -1.27. The predicted octanol–water partition coefficient (Wildman–Crippen LogP) is 2.12. The monoisotopic (exact) mass is 317 g/mol. The molecule has 0 bridgehead atoms. The van der Waals surface area contributed by atoms with Gasteiger partial charge in [-0.1, -0.05) is 22.9 Å². The highest BCUT2D eigenvalue weighted by atomic mass is 79.9. The SMILES string of the molecule is CC[C@@H](NCc1c(Br)ccc(OC)c1O)C(=O)O. The number of benzene rings is 1. The molecule has 0 radical (unpaired) electrons. The normalized spacial score (nSPS) is 12.2. The van der Waals surface area contributed by atoms with Crippen LogP contribution in [0, 0.1) is 0 Å². The first-order chi connectivity index (χ1) is 8.51. The molecule has 0 saturated heterocycles. The number of methoxy groups -OCH3 is 1. The van der Waals surface area contributed by atoms with Gasteiger partial charge < -0.3 is 20.3 Å². The van der Waals surface area contributed by atoms with Gasteiger partial charge in [0.25, 0.3) is 0 Å². The topological polar surface area (TPSA) is 78.8 Å². The van der Waals surface area contributed by atoms with Gasteiger partial charge in [0.1, 0.15) is 6.04 Å². The van der Waals surface area contributed by atoms with Gasteiger partial charge in [-0.05, 0) is 18.6 Å². The van der Waals surface area contributed by atoms with Crippen molar-refractivity contribution in [1.29, 1.82) is 0 Å². The van der Waals surface area contributed by atoms with E-state index in [-0.39, 0.29) is 12.3 Å². The van der Waals surface area contributed by atoms with Crippen molar-refractivity contribution in [2.45, 2.75) is 25.9 Å². The van der Waals surface area contributed by atoms with E-state index in [0.717, 1.165) is 0 Å². The molecule has 1 aromatic carbocycles. The van der Waals surface area contributed by atoms with Crippen molar-refractivity contribution in [3.63, 3.8) is 0 Å². The second-order valence-electron chi connectivity index (χ2n) is 3.76. The van der Waals surface area contributed by atoms with Crippen molar-refractivity contribution in [3.05, 3.63) is 22.2 Å². The highest BCUT2D eigenvalue weighted by molar-refractivity contribution is 9.10. The van der Waals surface area contributed by atoms with Gasteiger partial charge in [-0.2, -0.15) is 0 Å². The molecule has 1 atom stereocenters. The molecule has 100 valence electrons. The Morgan fingerprint density at radius 3 is 2.72 bits per heavy atom. The molecule has 3 N–H and O–H groups in total. The van der Waals surface area contributed by atoms with Crippen molar-refractivity contribution < 1.29 is 19.7 Å². The number of carboxylic acid groups (broad SMARTS) is 1. The zero-order chi connectivity index (χ0) is 13.7. The number of carbonyl (C=O) groups is 1. The zero-order valence-electron chi connectivity index (χ0n) is 10.2. The number of aromatic hydroxyl groups is 1. The Kier molecular flexibility index (Phi) is 5.43. The summed E-state index contributed by atoms with van der Waals surface area (Å²) in [6.45, 7) is 2.03. The van der Waals surface area contributed by atoms with Crippen LogP contribution in [0.2, 0.25) is 0 Å². The van der Waals surface area contributed by atoms with Crippen LogP contribution >= 0.6 is 15.9 Å². The number of phenols is 1. The Morgan fingerprint density at radius 2 is 2.22 bits per heavy atom. The summed E-state index contributed by atoms with van der Waals surface area (Å²) in [4.78, 5) is 10.9. The molecule has 0 aliphatic carbocycles. The maximum atomic E-state index is 10.9. The van der Waals surface area contributed by atoms with Crippen LogP contribution in [0.25, 0.3) is 0 Å². The maximum Gasteiger partial charge on any atom is 0.320 e. The van der Waals surface area contributed by atoms with Crippen LogP contribution < -0.4 is 10.1 Å². The van der Waals surface area contributed by atoms with Gasteiger partial charge in [0.15, 0.2) is 11.5 Å². The largest absolute Gasteiger partial charge is 0.504 e. The summed E-state index contributed by atoms with van der Waals surface area (Å²) in [6, 6.07) is 2.75. The molecular weight excluding hydrogens is 302 g/mol. The molecule has 0 aliphatic heterocycles. The lowest BCUT2D eigenvalue weighted by atomic mass is 10.1. The van der Waals surface area contributed by atoms with Crippen LogP contribution in [0.3, 0.4) is 0 Å². The molecule has 0 heterocycles. The Labute approximate surface area is 114 Å². The van der Waals surface area contributed by atoms with E-state index in [1.165, 1.54) is 7.11 Å². The van der Waals surface area contributed by atoms with E-state index in [1.54, 1.807) is 19.1 Å². The van der Waals surface area contributed by atoms with E-state index in [2.05, 4.69) is 21.2 Å². The van der Waals surface area contributed by atoms with E-state index in [4.69, 9.17) is 9.84 Å². The number of nitrogens with one attached hydrogen (secondary N) is 1. The fourth-order valence-corrected chi connectivity index (χ4v) is 2.01. The molecule has 0 saturated carbocycles. The third-order valence-electron chi connectivity index (χ3n) is 2.64. The molecule has 1 aromatic rings. The highest BCUT2D eigenvalue weighted by Crippen LogP contribution is 2.34. The zero-order valence-corrected chi connectivity index (χ0v) is 11.8. The number of carboxylic acids is 1. The van der Waals surface area contributed by atoms with Crippen molar-refractivity contribution in [1.82, 2.24) is 5.32 Å². The number of phenolic OH excluding ortho intramolecular Hbond substituents is 1. The van der Waals surface area contributed by atoms with Gasteiger partial charge in [-0.3, -0.25) is 4.79 Å². The second kappa shape index (κ2) is 6.61. The first-order valence-electron chi connectivity index (χ1n) is 5.51. The molecule has 0 aromatic heterocycles. The summed E-state index contributed by atoms with van der Waals surface area (Å²) >= 11 is 3.32. The van der Waals surface area contributed by atoms with Crippen LogP contribution in [0.5, 0.6) is 11.5 Å². The standard InChI is InChI=1S/C12H16BrNO4/c1-3-9(12(16)17)14-6-7-8(13)4-5-10(18-2)11(7)15/h4-5,9,14-15H,3,6H2,1-2H3,(H,16,17)/t9-/m1/s1. The summed E-state index contributed by atoms with van der Waals surface area (Å²) in [5.74, 6) is -0.533. The third-order valence-corrected chi connectivity index (χ3v) is 3.38. The molecule has 0 aliphatic rings. The van der Waals surface area contributed by atoms with E-state index >= 15 is 0 Å². The van der Waals surface area contributed by atoms with E-state index in [1.807, 2.05) is 0 Å². The van der Waals surface area contributed by atoms with Gasteiger partial charge in [0, 0.05) is 16.6 Å². The molecule has 0 fully saturated rings. The molecule has 0 amide bonds. The van der Waals surface area contributed by atoms with Gasteiger partial charge in [0.2, 0.25) is 0 Å². The molecule has 18 heavy (non-hydrogen) atoms. The van der Waals surface area contributed by atoms with Crippen LogP contribution in [-0.2, 0) is 11.3 Å². The summed E-state index contributed by atoms with van der Waals surface area (Å²) in [7, 11) is 1.46. The van der Waals surface area contributed by atoms with E-state index in [0.29, 0.717) is 22.2 Å². The van der Waals surface area contributed by atoms with Gasteiger partial charge in [0.05, 0.1) is 7.11 Å². The number of halogens is 1. The first-order valence-corrected chi connectivity index (χ1v) is 6.31. The molecule has 0 spiro atoms. The Balaban J connectivity index is 2.87. The minimum absolute atomic E-state index is 0.0135. The molecule has 5 nitrogen and oxygen atoms in total. The summed E-state index contributed by atoms with van der Waals surface area (Å²) in [5.41, 5.74) is 0.578. The van der Waals surface area contributed by atoms with Crippen LogP contribution in [-0.4, -0.2) is 29.3 Å². The van der Waals surface area contributed by atoms with Gasteiger partial charge in [-0.25, -0.2) is 0 Å². The van der Waals surface area contributed by atoms with Crippen LogP contribution in [0.15, 0.2) is 16.6 Å². The lowest BCUT2D eigenvalue weighted by Gasteiger charge is -2.15. The smallest absolute Gasteiger partial charge is 0.320 e. The van der Waals surface area contributed by atoms with Gasteiger partial charge in [-0.15, -0.1) is 0 Å². The lowest BCUT2D eigenvalue weighted by molar-refractivity contribution is -0.139. The maximum absolute atomic E-state index is 10.9. The average Bonchev–Trinajstić information content (AvgIpc) is 2.33. The first kappa shape index (κ1) is 14.8.